The van der Waals surface area contributed by atoms with Crippen molar-refractivity contribution in [3.05, 3.63) is 24.8 Å². The zero-order chi connectivity index (χ0) is 10.8. The van der Waals surface area contributed by atoms with Gasteiger partial charge < -0.3 is 4.74 Å². The Morgan fingerprint density at radius 3 is 2.71 bits per heavy atom. The van der Waals surface area contributed by atoms with Crippen LogP contribution in [0, 0.1) is 5.92 Å². The summed E-state index contributed by atoms with van der Waals surface area (Å²) in [7, 11) is 0. The number of rotatable bonds is 7. The standard InChI is InChI=1S/C12H20O2/c1-4-5-6-7-8-9-10-14-12(13)11(2)3/h4,6-7,11H,1,5,8-10H2,2-3H3/b7-6+. The van der Waals surface area contributed by atoms with Gasteiger partial charge in [-0.1, -0.05) is 32.1 Å². The van der Waals surface area contributed by atoms with Gasteiger partial charge in [-0.25, -0.2) is 0 Å². The van der Waals surface area contributed by atoms with Crippen LogP contribution in [-0.4, -0.2) is 12.6 Å². The lowest BCUT2D eigenvalue weighted by atomic mass is 10.2. The molecule has 0 atom stereocenters. The van der Waals surface area contributed by atoms with Gasteiger partial charge in [-0.2, -0.15) is 0 Å². The first-order valence-electron chi connectivity index (χ1n) is 5.11. The van der Waals surface area contributed by atoms with E-state index in [1.54, 1.807) is 0 Å². The number of hydrogen-bond donors (Lipinski definition) is 0. The fourth-order valence-electron chi connectivity index (χ4n) is 0.851. The molecule has 0 rings (SSSR count). The van der Waals surface area contributed by atoms with Gasteiger partial charge in [-0.15, -0.1) is 6.58 Å². The highest BCUT2D eigenvalue weighted by molar-refractivity contribution is 5.71. The van der Waals surface area contributed by atoms with Crippen molar-refractivity contribution < 1.29 is 9.53 Å². The largest absolute Gasteiger partial charge is 0.465 e. The molecule has 0 bridgehead atoms. The second-order valence-corrected chi connectivity index (χ2v) is 3.46. The third-order valence-electron chi connectivity index (χ3n) is 1.70. The average molecular weight is 196 g/mol. The summed E-state index contributed by atoms with van der Waals surface area (Å²) in [6, 6.07) is 0. The van der Waals surface area contributed by atoms with E-state index >= 15 is 0 Å². The Balaban J connectivity index is 3.29. The maximum Gasteiger partial charge on any atom is 0.308 e. The van der Waals surface area contributed by atoms with Crippen molar-refractivity contribution in [1.29, 1.82) is 0 Å². The Hall–Kier alpha value is -1.05. The molecule has 80 valence electrons. The number of carbonyl (C=O) groups excluding carboxylic acids is 1. The van der Waals surface area contributed by atoms with Crippen LogP contribution in [0.4, 0.5) is 0 Å². The normalized spacial score (nSPS) is 10.8. The van der Waals surface area contributed by atoms with Crippen molar-refractivity contribution in [2.24, 2.45) is 5.92 Å². The lowest BCUT2D eigenvalue weighted by Crippen LogP contribution is -2.12. The lowest BCUT2D eigenvalue weighted by molar-refractivity contribution is -0.147. The van der Waals surface area contributed by atoms with Gasteiger partial charge in [-0.05, 0) is 19.3 Å². The van der Waals surface area contributed by atoms with E-state index in [0.29, 0.717) is 6.61 Å². The minimum Gasteiger partial charge on any atom is -0.465 e. The number of esters is 1. The summed E-state index contributed by atoms with van der Waals surface area (Å²) < 4.78 is 5.02. The molecule has 0 heterocycles. The molecule has 0 fully saturated rings. The van der Waals surface area contributed by atoms with Crippen molar-refractivity contribution in [2.75, 3.05) is 6.61 Å². The maximum absolute atomic E-state index is 11.0. The molecule has 2 heteroatoms. The van der Waals surface area contributed by atoms with Crippen LogP contribution < -0.4 is 0 Å². The van der Waals surface area contributed by atoms with E-state index in [0.717, 1.165) is 19.3 Å². The van der Waals surface area contributed by atoms with Crippen LogP contribution >= 0.6 is 0 Å². The summed E-state index contributed by atoms with van der Waals surface area (Å²) in [6.45, 7) is 7.82. The molecular weight excluding hydrogens is 176 g/mol. The number of unbranched alkanes of at least 4 members (excludes halogenated alkanes) is 1. The highest BCUT2D eigenvalue weighted by Gasteiger charge is 2.06. The number of allylic oxidation sites excluding steroid dienone is 3. The lowest BCUT2D eigenvalue weighted by Gasteiger charge is -2.05. The molecule has 14 heavy (non-hydrogen) atoms. The van der Waals surface area contributed by atoms with Gasteiger partial charge in [0, 0.05) is 0 Å². The Morgan fingerprint density at radius 1 is 1.43 bits per heavy atom. The molecule has 2 nitrogen and oxygen atoms in total. The average Bonchev–Trinajstić information content (AvgIpc) is 2.16. The molecule has 0 aliphatic rings. The fourth-order valence-corrected chi connectivity index (χ4v) is 0.851. The monoisotopic (exact) mass is 196 g/mol. The smallest absolute Gasteiger partial charge is 0.308 e. The molecule has 0 aliphatic carbocycles. The predicted octanol–water partition coefficient (Wildman–Crippen LogP) is 3.10. The van der Waals surface area contributed by atoms with Crippen LogP contribution in [0.3, 0.4) is 0 Å². The molecule has 0 radical (unpaired) electrons. The highest BCUT2D eigenvalue weighted by atomic mass is 16.5. The first kappa shape index (κ1) is 12.9. The molecule has 0 saturated heterocycles. The zero-order valence-electron chi connectivity index (χ0n) is 9.16. The molecule has 0 aromatic rings. The van der Waals surface area contributed by atoms with E-state index in [-0.39, 0.29) is 11.9 Å². The molecule has 0 saturated carbocycles. The summed E-state index contributed by atoms with van der Waals surface area (Å²) in [4.78, 5) is 11.0. The predicted molar refractivity (Wildman–Crippen MR) is 59.0 cm³/mol. The molecule has 0 aromatic carbocycles. The maximum atomic E-state index is 11.0. The Bertz CT molecular complexity index is 192. The van der Waals surface area contributed by atoms with Gasteiger partial charge in [-0.3, -0.25) is 4.79 Å². The minimum absolute atomic E-state index is 0.0219. The summed E-state index contributed by atoms with van der Waals surface area (Å²) in [5.41, 5.74) is 0. The summed E-state index contributed by atoms with van der Waals surface area (Å²) in [5, 5.41) is 0. The first-order chi connectivity index (χ1) is 6.68. The molecule has 0 aromatic heterocycles. The van der Waals surface area contributed by atoms with Gasteiger partial charge in [0.2, 0.25) is 0 Å². The number of hydrogen-bond acceptors (Lipinski definition) is 2. The SMILES string of the molecule is C=CC/C=C/CCCOC(=O)C(C)C. The van der Waals surface area contributed by atoms with Crippen molar-refractivity contribution in [3.8, 4) is 0 Å². The van der Waals surface area contributed by atoms with Gasteiger partial charge in [0.05, 0.1) is 12.5 Å². The van der Waals surface area contributed by atoms with Gasteiger partial charge in [0.15, 0.2) is 0 Å². The molecule has 0 unspecified atom stereocenters. The van der Waals surface area contributed by atoms with Gasteiger partial charge in [0.25, 0.3) is 0 Å². The van der Waals surface area contributed by atoms with Crippen LogP contribution in [-0.2, 0) is 9.53 Å². The van der Waals surface area contributed by atoms with Gasteiger partial charge in [0.1, 0.15) is 0 Å². The molecule has 0 aliphatic heterocycles. The van der Waals surface area contributed by atoms with Crippen LogP contribution in [0.5, 0.6) is 0 Å². The third-order valence-corrected chi connectivity index (χ3v) is 1.70. The third kappa shape index (κ3) is 7.59. The van der Waals surface area contributed by atoms with E-state index in [4.69, 9.17) is 4.74 Å². The van der Waals surface area contributed by atoms with E-state index < -0.39 is 0 Å². The van der Waals surface area contributed by atoms with Crippen molar-refractivity contribution in [3.63, 3.8) is 0 Å². The van der Waals surface area contributed by atoms with Crippen LogP contribution in [0.1, 0.15) is 33.1 Å². The highest BCUT2D eigenvalue weighted by Crippen LogP contribution is 1.99. The van der Waals surface area contributed by atoms with Crippen molar-refractivity contribution in [1.82, 2.24) is 0 Å². The summed E-state index contributed by atoms with van der Waals surface area (Å²) in [6.07, 6.45) is 8.77. The zero-order valence-corrected chi connectivity index (χ0v) is 9.16. The quantitative estimate of drug-likeness (QED) is 0.355. The minimum atomic E-state index is -0.111. The van der Waals surface area contributed by atoms with Gasteiger partial charge >= 0.3 is 5.97 Å². The first-order valence-corrected chi connectivity index (χ1v) is 5.11. The van der Waals surface area contributed by atoms with Crippen molar-refractivity contribution in [2.45, 2.75) is 33.1 Å². The number of ether oxygens (including phenoxy) is 1. The molecule has 0 amide bonds. The van der Waals surface area contributed by atoms with Crippen LogP contribution in [0.15, 0.2) is 24.8 Å². The molecule has 0 spiro atoms. The Morgan fingerprint density at radius 2 is 2.14 bits per heavy atom. The number of carbonyl (C=O) groups is 1. The van der Waals surface area contributed by atoms with E-state index in [1.165, 1.54) is 0 Å². The van der Waals surface area contributed by atoms with Crippen LogP contribution in [0.2, 0.25) is 0 Å². The van der Waals surface area contributed by atoms with Crippen molar-refractivity contribution >= 4 is 5.97 Å². The second kappa shape index (κ2) is 8.54. The topological polar surface area (TPSA) is 26.3 Å². The molecule has 0 N–H and O–H groups in total. The fraction of sp³-hybridized carbons (Fsp3) is 0.583. The van der Waals surface area contributed by atoms with E-state index in [9.17, 15) is 4.79 Å². The van der Waals surface area contributed by atoms with Crippen LogP contribution in [0.25, 0.3) is 0 Å². The Labute approximate surface area is 86.6 Å². The molecular formula is C12H20O2. The van der Waals surface area contributed by atoms with E-state index in [2.05, 4.69) is 18.7 Å². The summed E-state index contributed by atoms with van der Waals surface area (Å²) >= 11 is 0. The Kier molecular flexibility index (Phi) is 7.90. The second-order valence-electron chi connectivity index (χ2n) is 3.46. The summed E-state index contributed by atoms with van der Waals surface area (Å²) in [5.74, 6) is -0.133. The van der Waals surface area contributed by atoms with E-state index in [1.807, 2.05) is 19.9 Å².